The number of nitrogens with zero attached hydrogens (tertiary/aromatic N) is 1. The zero-order chi connectivity index (χ0) is 13.4. The van der Waals surface area contributed by atoms with Gasteiger partial charge in [-0.2, -0.15) is 0 Å². The van der Waals surface area contributed by atoms with Gasteiger partial charge in [0.05, 0.1) is 13.0 Å². The number of aliphatic carboxylic acids is 1. The number of aldehydes is 1. The Hall–Kier alpha value is -2.17. The Kier molecular flexibility index (Phi) is 5.57. The molecule has 0 radical (unpaired) electrons. The molecular weight excluding hydrogens is 234 g/mol. The second kappa shape index (κ2) is 7.21. The summed E-state index contributed by atoms with van der Waals surface area (Å²) in [6, 6.07) is 9.25. The van der Waals surface area contributed by atoms with Gasteiger partial charge in [0, 0.05) is 13.0 Å². The van der Waals surface area contributed by atoms with Crippen LogP contribution < -0.4 is 0 Å². The Labute approximate surface area is 105 Å². The number of carboxylic acids is 1. The highest BCUT2D eigenvalue weighted by molar-refractivity contribution is 5.82. The number of amides is 1. The van der Waals surface area contributed by atoms with E-state index in [1.807, 2.05) is 30.3 Å². The number of hydrogen-bond donors (Lipinski definition) is 1. The van der Waals surface area contributed by atoms with Crippen LogP contribution in [0.4, 0.5) is 0 Å². The minimum atomic E-state index is -1.02. The van der Waals surface area contributed by atoms with Crippen LogP contribution in [-0.4, -0.2) is 34.7 Å². The summed E-state index contributed by atoms with van der Waals surface area (Å²) in [6.45, 7) is 0.297. The first-order chi connectivity index (χ1) is 8.63. The van der Waals surface area contributed by atoms with E-state index in [4.69, 9.17) is 5.11 Å². The van der Waals surface area contributed by atoms with Gasteiger partial charge in [-0.25, -0.2) is 0 Å². The van der Waals surface area contributed by atoms with Crippen molar-refractivity contribution in [2.75, 3.05) is 6.54 Å². The summed E-state index contributed by atoms with van der Waals surface area (Å²) < 4.78 is 0. The molecule has 0 saturated carbocycles. The van der Waals surface area contributed by atoms with Crippen LogP contribution in [0.3, 0.4) is 0 Å². The van der Waals surface area contributed by atoms with E-state index < -0.39 is 5.97 Å². The van der Waals surface area contributed by atoms with Crippen LogP contribution in [0.5, 0.6) is 0 Å². The van der Waals surface area contributed by atoms with E-state index in [1.54, 1.807) is 0 Å². The van der Waals surface area contributed by atoms with E-state index in [-0.39, 0.29) is 25.3 Å². The molecule has 0 aliphatic rings. The highest BCUT2D eigenvalue weighted by Crippen LogP contribution is 2.06. The van der Waals surface area contributed by atoms with E-state index in [2.05, 4.69) is 0 Å². The molecule has 1 aromatic rings. The third-order valence-corrected chi connectivity index (χ3v) is 2.42. The molecule has 1 N–H and O–H groups in total. The van der Waals surface area contributed by atoms with Crippen LogP contribution in [0, 0.1) is 0 Å². The predicted octanol–water partition coefficient (Wildman–Crippen LogP) is 1.08. The summed E-state index contributed by atoms with van der Waals surface area (Å²) in [5.74, 6) is -1.34. The maximum Gasteiger partial charge on any atom is 0.303 e. The van der Waals surface area contributed by atoms with E-state index in [0.717, 1.165) is 5.56 Å². The minimum Gasteiger partial charge on any atom is -0.481 e. The Balaban J connectivity index is 2.61. The molecule has 18 heavy (non-hydrogen) atoms. The molecule has 1 rings (SSSR count). The third-order valence-electron chi connectivity index (χ3n) is 2.42. The average Bonchev–Trinajstić information content (AvgIpc) is 2.36. The zero-order valence-corrected chi connectivity index (χ0v) is 9.91. The van der Waals surface area contributed by atoms with Crippen molar-refractivity contribution in [2.24, 2.45) is 0 Å². The fraction of sp³-hybridized carbons (Fsp3) is 0.308. The molecule has 0 fully saturated rings. The summed E-state index contributed by atoms with van der Waals surface area (Å²) in [7, 11) is 0. The smallest absolute Gasteiger partial charge is 0.303 e. The van der Waals surface area contributed by atoms with E-state index in [0.29, 0.717) is 12.8 Å². The van der Waals surface area contributed by atoms with Gasteiger partial charge in [-0.3, -0.25) is 9.59 Å². The summed E-state index contributed by atoms with van der Waals surface area (Å²) in [6.07, 6.45) is 0.334. The van der Waals surface area contributed by atoms with E-state index in [9.17, 15) is 14.4 Å². The van der Waals surface area contributed by atoms with E-state index >= 15 is 0 Å². The quantitative estimate of drug-likeness (QED) is 0.734. The van der Waals surface area contributed by atoms with Gasteiger partial charge < -0.3 is 14.8 Å². The number of carboxylic acid groups (broad SMARTS) is 1. The first-order valence-corrected chi connectivity index (χ1v) is 5.60. The molecule has 0 spiro atoms. The number of carbonyl (C=O) groups excluding carboxylic acids is 2. The zero-order valence-electron chi connectivity index (χ0n) is 9.91. The van der Waals surface area contributed by atoms with Crippen LogP contribution in [0.15, 0.2) is 30.3 Å². The lowest BCUT2D eigenvalue weighted by Crippen LogP contribution is -2.32. The molecule has 0 atom stereocenters. The highest BCUT2D eigenvalue weighted by atomic mass is 16.4. The van der Waals surface area contributed by atoms with Gasteiger partial charge >= 0.3 is 5.97 Å². The molecule has 96 valence electrons. The number of rotatable bonds is 7. The molecule has 0 heterocycles. The van der Waals surface area contributed by atoms with Gasteiger partial charge in [0.2, 0.25) is 5.91 Å². The molecule has 0 bridgehead atoms. The van der Waals surface area contributed by atoms with Crippen molar-refractivity contribution in [3.8, 4) is 0 Å². The van der Waals surface area contributed by atoms with Crippen LogP contribution in [0.2, 0.25) is 0 Å². The average molecular weight is 249 g/mol. The minimum absolute atomic E-state index is 0.0205. The lowest BCUT2D eigenvalue weighted by molar-refractivity contribution is -0.141. The molecular formula is C13H15NO4. The summed E-state index contributed by atoms with van der Waals surface area (Å²) >= 11 is 0. The second-order valence-electron chi connectivity index (χ2n) is 3.82. The van der Waals surface area contributed by atoms with Crippen molar-refractivity contribution >= 4 is 18.2 Å². The Morgan fingerprint density at radius 1 is 1.17 bits per heavy atom. The van der Waals surface area contributed by atoms with Crippen molar-refractivity contribution in [3.05, 3.63) is 35.9 Å². The molecule has 0 aliphatic heterocycles. The van der Waals surface area contributed by atoms with Gasteiger partial charge in [-0.1, -0.05) is 30.3 Å². The van der Waals surface area contributed by atoms with Crippen molar-refractivity contribution in [1.82, 2.24) is 4.90 Å². The third kappa shape index (κ3) is 4.78. The lowest BCUT2D eigenvalue weighted by atomic mass is 10.2. The first kappa shape index (κ1) is 13.9. The number of carbonyl (C=O) groups is 3. The van der Waals surface area contributed by atoms with Crippen LogP contribution in [0.25, 0.3) is 0 Å². The summed E-state index contributed by atoms with van der Waals surface area (Å²) in [5, 5.41) is 8.52. The highest BCUT2D eigenvalue weighted by Gasteiger charge is 2.14. The van der Waals surface area contributed by atoms with Crippen LogP contribution >= 0.6 is 0 Å². The molecule has 1 aromatic carbocycles. The summed E-state index contributed by atoms with van der Waals surface area (Å²) in [5.41, 5.74) is 0.906. The molecule has 0 aromatic heterocycles. The van der Waals surface area contributed by atoms with Gasteiger partial charge in [0.1, 0.15) is 6.29 Å². The fourth-order valence-electron chi connectivity index (χ4n) is 1.52. The topological polar surface area (TPSA) is 74.7 Å². The van der Waals surface area contributed by atoms with Crippen molar-refractivity contribution in [1.29, 1.82) is 0 Å². The molecule has 0 unspecified atom stereocenters. The van der Waals surface area contributed by atoms with Crippen LogP contribution in [-0.2, 0) is 20.9 Å². The Bertz CT molecular complexity index is 416. The molecule has 0 aliphatic carbocycles. The Morgan fingerprint density at radius 3 is 2.39 bits per heavy atom. The second-order valence-corrected chi connectivity index (χ2v) is 3.82. The number of hydrogen-bond acceptors (Lipinski definition) is 3. The van der Waals surface area contributed by atoms with E-state index in [1.165, 1.54) is 4.90 Å². The largest absolute Gasteiger partial charge is 0.481 e. The van der Waals surface area contributed by atoms with Gasteiger partial charge in [0.15, 0.2) is 0 Å². The monoisotopic (exact) mass is 249 g/mol. The lowest BCUT2D eigenvalue weighted by Gasteiger charge is -2.19. The normalized spacial score (nSPS) is 9.78. The molecule has 0 saturated heterocycles. The molecule has 5 nitrogen and oxygen atoms in total. The fourth-order valence-corrected chi connectivity index (χ4v) is 1.52. The number of benzene rings is 1. The van der Waals surface area contributed by atoms with Crippen molar-refractivity contribution in [3.63, 3.8) is 0 Å². The predicted molar refractivity (Wildman–Crippen MR) is 64.8 cm³/mol. The maximum atomic E-state index is 11.7. The molecule has 1 amide bonds. The van der Waals surface area contributed by atoms with Crippen molar-refractivity contribution in [2.45, 2.75) is 19.4 Å². The van der Waals surface area contributed by atoms with Gasteiger partial charge in [-0.05, 0) is 5.56 Å². The van der Waals surface area contributed by atoms with Crippen LogP contribution in [0.1, 0.15) is 18.4 Å². The van der Waals surface area contributed by atoms with Gasteiger partial charge in [-0.15, -0.1) is 0 Å². The van der Waals surface area contributed by atoms with Crippen molar-refractivity contribution < 1.29 is 19.5 Å². The summed E-state index contributed by atoms with van der Waals surface area (Å²) in [4.78, 5) is 34.0. The van der Waals surface area contributed by atoms with Gasteiger partial charge in [0.25, 0.3) is 0 Å². The molecule has 5 heteroatoms. The Morgan fingerprint density at radius 2 is 1.83 bits per heavy atom. The SMILES string of the molecule is O=CCN(Cc1ccccc1)C(=O)CCC(=O)O. The first-order valence-electron chi connectivity index (χ1n) is 5.60. The maximum absolute atomic E-state index is 11.7. The standard InChI is InChI=1S/C13H15NO4/c15-9-8-14(12(16)6-7-13(17)18)10-11-4-2-1-3-5-11/h1-5,9H,6-8,10H2,(H,17,18).